The molecule has 0 fully saturated rings. The molecule has 0 spiro atoms. The molecule has 0 saturated carbocycles. The van der Waals surface area contributed by atoms with Gasteiger partial charge in [-0.15, -0.1) is 6.58 Å². The van der Waals surface area contributed by atoms with E-state index in [4.69, 9.17) is 4.74 Å². The second kappa shape index (κ2) is 8.26. The van der Waals surface area contributed by atoms with Gasteiger partial charge in [-0.1, -0.05) is 36.4 Å². The first kappa shape index (κ1) is 18.2. The lowest BCUT2D eigenvalue weighted by atomic mass is 9.86. The van der Waals surface area contributed by atoms with Crippen molar-refractivity contribution in [2.24, 2.45) is 0 Å². The molecule has 142 valence electrons. The van der Waals surface area contributed by atoms with Crippen molar-refractivity contribution >= 4 is 5.78 Å². The summed E-state index contributed by atoms with van der Waals surface area (Å²) in [6.07, 6.45) is 9.01. The molecule has 3 aromatic rings. The van der Waals surface area contributed by atoms with Crippen LogP contribution in [0.1, 0.15) is 51.8 Å². The fourth-order valence-electron chi connectivity index (χ4n) is 3.89. The first-order chi connectivity index (χ1) is 13.8. The third-order valence-corrected chi connectivity index (χ3v) is 5.23. The Morgan fingerprint density at radius 1 is 1.18 bits per heavy atom. The molecule has 1 heterocycles. The molecule has 0 radical (unpaired) electrons. The largest absolute Gasteiger partial charge is 0.482 e. The highest BCUT2D eigenvalue weighted by Gasteiger charge is 2.24. The molecule has 28 heavy (non-hydrogen) atoms. The summed E-state index contributed by atoms with van der Waals surface area (Å²) in [7, 11) is 0. The van der Waals surface area contributed by atoms with Crippen molar-refractivity contribution in [1.82, 2.24) is 9.97 Å². The van der Waals surface area contributed by atoms with Gasteiger partial charge in [0.15, 0.2) is 11.9 Å². The van der Waals surface area contributed by atoms with E-state index < -0.39 is 0 Å². The van der Waals surface area contributed by atoms with Crippen LogP contribution in [-0.4, -0.2) is 15.8 Å². The summed E-state index contributed by atoms with van der Waals surface area (Å²) in [5.74, 6) is 1.83. The minimum atomic E-state index is -0.238. The number of rotatable bonds is 7. The maximum Gasteiger partial charge on any atom is 0.163 e. The molecule has 4 heteroatoms. The molecule has 1 atom stereocenters. The van der Waals surface area contributed by atoms with Gasteiger partial charge < -0.3 is 9.72 Å². The number of ether oxygens (including phenoxy) is 1. The number of nitrogens with zero attached hydrogens (tertiary/aromatic N) is 1. The highest BCUT2D eigenvalue weighted by atomic mass is 16.5. The van der Waals surface area contributed by atoms with Gasteiger partial charge in [-0.3, -0.25) is 4.79 Å². The number of H-pyrrole nitrogens is 1. The molecule has 0 amide bonds. The maximum atomic E-state index is 12.3. The van der Waals surface area contributed by atoms with Crippen LogP contribution in [0.25, 0.3) is 0 Å². The van der Waals surface area contributed by atoms with E-state index in [0.717, 1.165) is 41.1 Å². The van der Waals surface area contributed by atoms with Crippen LogP contribution in [0.15, 0.2) is 67.5 Å². The van der Waals surface area contributed by atoms with Gasteiger partial charge in [-0.2, -0.15) is 0 Å². The second-order valence-electron chi connectivity index (χ2n) is 7.11. The Labute approximate surface area is 165 Å². The molecular weight excluding hydrogens is 348 g/mol. The summed E-state index contributed by atoms with van der Waals surface area (Å²) in [5.41, 5.74) is 4.21. The number of hydrogen-bond donors (Lipinski definition) is 1. The van der Waals surface area contributed by atoms with Gasteiger partial charge in [0.2, 0.25) is 0 Å². The number of imidazole rings is 1. The van der Waals surface area contributed by atoms with Gasteiger partial charge in [-0.25, -0.2) is 4.98 Å². The van der Waals surface area contributed by atoms with E-state index in [1.165, 1.54) is 5.56 Å². The zero-order valence-electron chi connectivity index (χ0n) is 15.9. The summed E-state index contributed by atoms with van der Waals surface area (Å²) in [5, 5.41) is 0. The van der Waals surface area contributed by atoms with Crippen LogP contribution in [0.2, 0.25) is 0 Å². The van der Waals surface area contributed by atoms with Gasteiger partial charge in [0.25, 0.3) is 0 Å². The van der Waals surface area contributed by atoms with Crippen molar-refractivity contribution < 1.29 is 9.53 Å². The van der Waals surface area contributed by atoms with Crippen molar-refractivity contribution in [3.05, 3.63) is 95.6 Å². The van der Waals surface area contributed by atoms with E-state index in [1.807, 2.05) is 42.6 Å². The number of ketones is 1. The Balaban J connectivity index is 1.70. The minimum absolute atomic E-state index is 0.227. The number of allylic oxidation sites excluding steroid dienone is 1. The lowest BCUT2D eigenvalue weighted by Gasteiger charge is -2.24. The molecule has 0 bridgehead atoms. The van der Waals surface area contributed by atoms with Gasteiger partial charge in [0.05, 0.1) is 0 Å². The summed E-state index contributed by atoms with van der Waals surface area (Å²) in [4.78, 5) is 19.9. The first-order valence-corrected chi connectivity index (χ1v) is 9.75. The average Bonchev–Trinajstić information content (AvgIpc) is 3.25. The Bertz CT molecular complexity index is 962. The summed E-state index contributed by atoms with van der Waals surface area (Å²) < 4.78 is 6.50. The number of nitrogens with one attached hydrogen (secondary N) is 1. The van der Waals surface area contributed by atoms with Crippen molar-refractivity contribution in [3.63, 3.8) is 0 Å². The molecule has 4 rings (SSSR count). The lowest BCUT2D eigenvalue weighted by molar-refractivity contribution is 0.0972. The SMILES string of the molecule is C=CCc1c(OC(Cc2ccccc2)c2ncc[nH]2)ccc2c1CCCC2=O. The molecule has 2 aromatic carbocycles. The number of hydrogen-bond acceptors (Lipinski definition) is 3. The van der Waals surface area contributed by atoms with E-state index in [0.29, 0.717) is 19.3 Å². The topological polar surface area (TPSA) is 55.0 Å². The lowest BCUT2D eigenvalue weighted by Crippen LogP contribution is -2.17. The van der Waals surface area contributed by atoms with E-state index in [9.17, 15) is 4.79 Å². The predicted octanol–water partition coefficient (Wildman–Crippen LogP) is 5.02. The Hall–Kier alpha value is -3.14. The Kier molecular flexibility index (Phi) is 5.38. The monoisotopic (exact) mass is 372 g/mol. The zero-order chi connectivity index (χ0) is 19.3. The normalized spacial score (nSPS) is 14.4. The molecule has 1 aliphatic carbocycles. The van der Waals surface area contributed by atoms with Crippen molar-refractivity contribution in [2.75, 3.05) is 0 Å². The predicted molar refractivity (Wildman–Crippen MR) is 110 cm³/mol. The van der Waals surface area contributed by atoms with Crippen LogP contribution in [0.3, 0.4) is 0 Å². The van der Waals surface area contributed by atoms with Crippen LogP contribution in [-0.2, 0) is 19.3 Å². The highest BCUT2D eigenvalue weighted by molar-refractivity contribution is 5.99. The van der Waals surface area contributed by atoms with Crippen molar-refractivity contribution in [3.8, 4) is 5.75 Å². The molecule has 0 saturated heterocycles. The van der Waals surface area contributed by atoms with E-state index in [-0.39, 0.29) is 11.9 Å². The number of carbonyl (C=O) groups is 1. The van der Waals surface area contributed by atoms with Gasteiger partial charge in [0, 0.05) is 36.4 Å². The number of carbonyl (C=O) groups excluding carboxylic acids is 1. The average molecular weight is 372 g/mol. The second-order valence-corrected chi connectivity index (χ2v) is 7.11. The molecule has 1 aliphatic rings. The third-order valence-electron chi connectivity index (χ3n) is 5.23. The Morgan fingerprint density at radius 2 is 2.04 bits per heavy atom. The summed E-state index contributed by atoms with van der Waals surface area (Å²) >= 11 is 0. The Morgan fingerprint density at radius 3 is 2.79 bits per heavy atom. The third kappa shape index (κ3) is 3.77. The summed E-state index contributed by atoms with van der Waals surface area (Å²) in [6, 6.07) is 14.1. The zero-order valence-corrected chi connectivity index (χ0v) is 15.9. The number of fused-ring (bicyclic) bond motifs is 1. The molecule has 4 nitrogen and oxygen atoms in total. The molecule has 0 aliphatic heterocycles. The molecular formula is C24H24N2O2. The standard InChI is InChI=1S/C24H24N2O2/c1-2-7-20-18-10-6-11-21(27)19(18)12-13-22(20)28-23(24-25-14-15-26-24)16-17-8-4-3-5-9-17/h2-5,8-9,12-15,23H,1,6-7,10-11,16H2,(H,25,26). The maximum absolute atomic E-state index is 12.3. The van der Waals surface area contributed by atoms with Crippen molar-refractivity contribution in [1.29, 1.82) is 0 Å². The van der Waals surface area contributed by atoms with Crippen LogP contribution < -0.4 is 4.74 Å². The van der Waals surface area contributed by atoms with Crippen molar-refractivity contribution in [2.45, 2.75) is 38.2 Å². The van der Waals surface area contributed by atoms with E-state index >= 15 is 0 Å². The van der Waals surface area contributed by atoms with E-state index in [1.54, 1.807) is 6.20 Å². The number of benzene rings is 2. The van der Waals surface area contributed by atoms with Gasteiger partial charge >= 0.3 is 0 Å². The fourth-order valence-corrected chi connectivity index (χ4v) is 3.89. The minimum Gasteiger partial charge on any atom is -0.482 e. The smallest absolute Gasteiger partial charge is 0.163 e. The molecule has 1 unspecified atom stereocenters. The number of aromatic nitrogens is 2. The van der Waals surface area contributed by atoms with Crippen LogP contribution in [0, 0.1) is 0 Å². The van der Waals surface area contributed by atoms with Gasteiger partial charge in [-0.05, 0) is 42.5 Å². The van der Waals surface area contributed by atoms with Crippen LogP contribution >= 0.6 is 0 Å². The van der Waals surface area contributed by atoms with E-state index in [2.05, 4.69) is 28.7 Å². The highest BCUT2D eigenvalue weighted by Crippen LogP contribution is 2.34. The van der Waals surface area contributed by atoms with Gasteiger partial charge in [0.1, 0.15) is 11.6 Å². The molecule has 1 aromatic heterocycles. The number of aromatic amines is 1. The fraction of sp³-hybridized carbons (Fsp3) is 0.250. The summed E-state index contributed by atoms with van der Waals surface area (Å²) in [6.45, 7) is 3.90. The van der Waals surface area contributed by atoms with Crippen LogP contribution in [0.5, 0.6) is 5.75 Å². The first-order valence-electron chi connectivity index (χ1n) is 9.75. The number of Topliss-reactive ketones (excluding diaryl/α,β-unsaturated/α-hetero) is 1. The van der Waals surface area contributed by atoms with Crippen LogP contribution in [0.4, 0.5) is 0 Å². The quantitative estimate of drug-likeness (QED) is 0.593. The molecule has 1 N–H and O–H groups in total.